The van der Waals surface area contributed by atoms with E-state index in [0.29, 0.717) is 12.6 Å². The fourth-order valence-corrected chi connectivity index (χ4v) is 3.03. The lowest BCUT2D eigenvalue weighted by atomic mass is 9.96. The number of benzene rings is 1. The standard InChI is InChI=1S/C16H26N2O/c1-16(2,3)18-9-8-14(17)15(18)13-7-5-6-12(10-13)11-19-4/h5-7,10,14-15H,8-9,11,17H2,1-4H3. The molecule has 0 amide bonds. The predicted octanol–water partition coefficient (Wildman–Crippen LogP) is 2.71. The van der Waals surface area contributed by atoms with Gasteiger partial charge >= 0.3 is 0 Å². The molecule has 1 aromatic rings. The molecule has 3 nitrogen and oxygen atoms in total. The fourth-order valence-electron chi connectivity index (χ4n) is 3.03. The molecule has 0 aromatic heterocycles. The van der Waals surface area contributed by atoms with Gasteiger partial charge in [0.25, 0.3) is 0 Å². The minimum Gasteiger partial charge on any atom is -0.380 e. The number of hydrogen-bond acceptors (Lipinski definition) is 3. The van der Waals surface area contributed by atoms with E-state index in [9.17, 15) is 0 Å². The predicted molar refractivity (Wildman–Crippen MR) is 78.9 cm³/mol. The lowest BCUT2D eigenvalue weighted by Crippen LogP contribution is -2.43. The Balaban J connectivity index is 2.29. The first kappa shape index (κ1) is 14.5. The summed E-state index contributed by atoms with van der Waals surface area (Å²) in [5.74, 6) is 0. The van der Waals surface area contributed by atoms with E-state index in [1.165, 1.54) is 11.1 Å². The second-order valence-corrected chi connectivity index (χ2v) is 6.44. The van der Waals surface area contributed by atoms with Crippen molar-refractivity contribution in [2.45, 2.75) is 51.4 Å². The lowest BCUT2D eigenvalue weighted by molar-refractivity contribution is 0.117. The normalized spacial score (nSPS) is 24.9. The van der Waals surface area contributed by atoms with Crippen molar-refractivity contribution in [1.29, 1.82) is 0 Å². The molecule has 1 aromatic carbocycles. The second kappa shape index (κ2) is 5.61. The molecule has 1 saturated heterocycles. The summed E-state index contributed by atoms with van der Waals surface area (Å²) in [6.07, 6.45) is 1.07. The highest BCUT2D eigenvalue weighted by Gasteiger charge is 2.38. The maximum absolute atomic E-state index is 6.35. The Hall–Kier alpha value is -0.900. The molecule has 1 heterocycles. The van der Waals surface area contributed by atoms with Gasteiger partial charge in [0.05, 0.1) is 12.6 Å². The van der Waals surface area contributed by atoms with Gasteiger partial charge < -0.3 is 10.5 Å². The van der Waals surface area contributed by atoms with Crippen molar-refractivity contribution in [3.8, 4) is 0 Å². The largest absolute Gasteiger partial charge is 0.380 e. The van der Waals surface area contributed by atoms with Gasteiger partial charge in [-0.2, -0.15) is 0 Å². The van der Waals surface area contributed by atoms with Crippen LogP contribution in [0.4, 0.5) is 0 Å². The molecule has 1 aliphatic heterocycles. The minimum absolute atomic E-state index is 0.149. The summed E-state index contributed by atoms with van der Waals surface area (Å²) in [6.45, 7) is 8.51. The van der Waals surface area contributed by atoms with Gasteiger partial charge in [0, 0.05) is 25.2 Å². The molecule has 1 fully saturated rings. The minimum atomic E-state index is 0.149. The van der Waals surface area contributed by atoms with Gasteiger partial charge in [-0.25, -0.2) is 0 Å². The third kappa shape index (κ3) is 3.16. The monoisotopic (exact) mass is 262 g/mol. The molecule has 2 atom stereocenters. The first-order valence-corrected chi connectivity index (χ1v) is 7.03. The third-order valence-corrected chi connectivity index (χ3v) is 3.91. The van der Waals surface area contributed by atoms with Crippen molar-refractivity contribution in [3.05, 3.63) is 35.4 Å². The van der Waals surface area contributed by atoms with Crippen molar-refractivity contribution in [1.82, 2.24) is 4.90 Å². The number of rotatable bonds is 3. The van der Waals surface area contributed by atoms with E-state index in [2.05, 4.69) is 49.9 Å². The SMILES string of the molecule is COCc1cccc(C2C(N)CCN2C(C)(C)C)c1. The Bertz CT molecular complexity index is 425. The van der Waals surface area contributed by atoms with E-state index in [4.69, 9.17) is 10.5 Å². The van der Waals surface area contributed by atoms with E-state index in [-0.39, 0.29) is 11.6 Å². The summed E-state index contributed by atoms with van der Waals surface area (Å²) in [5, 5.41) is 0. The maximum Gasteiger partial charge on any atom is 0.0713 e. The van der Waals surface area contributed by atoms with Crippen LogP contribution in [0.2, 0.25) is 0 Å². The van der Waals surface area contributed by atoms with Gasteiger partial charge in [0.2, 0.25) is 0 Å². The molecular formula is C16H26N2O. The molecule has 0 spiro atoms. The van der Waals surface area contributed by atoms with Crippen LogP contribution in [0.1, 0.15) is 44.4 Å². The molecule has 0 bridgehead atoms. The number of ether oxygens (including phenoxy) is 1. The maximum atomic E-state index is 6.35. The number of likely N-dealkylation sites (tertiary alicyclic amines) is 1. The fraction of sp³-hybridized carbons (Fsp3) is 0.625. The van der Waals surface area contributed by atoms with Gasteiger partial charge in [-0.1, -0.05) is 24.3 Å². The topological polar surface area (TPSA) is 38.5 Å². The zero-order valence-corrected chi connectivity index (χ0v) is 12.5. The number of nitrogens with zero attached hydrogens (tertiary/aromatic N) is 1. The molecule has 2 N–H and O–H groups in total. The summed E-state index contributed by atoms with van der Waals surface area (Å²) in [5.41, 5.74) is 9.03. The van der Waals surface area contributed by atoms with Crippen molar-refractivity contribution < 1.29 is 4.74 Å². The van der Waals surface area contributed by atoms with E-state index < -0.39 is 0 Å². The zero-order valence-electron chi connectivity index (χ0n) is 12.5. The highest BCUT2D eigenvalue weighted by atomic mass is 16.5. The van der Waals surface area contributed by atoms with Gasteiger partial charge in [0.15, 0.2) is 0 Å². The van der Waals surface area contributed by atoms with Crippen molar-refractivity contribution in [3.63, 3.8) is 0 Å². The van der Waals surface area contributed by atoms with Crippen LogP contribution >= 0.6 is 0 Å². The molecule has 2 rings (SSSR count). The second-order valence-electron chi connectivity index (χ2n) is 6.44. The number of nitrogens with two attached hydrogens (primary N) is 1. The summed E-state index contributed by atoms with van der Waals surface area (Å²) >= 11 is 0. The summed E-state index contributed by atoms with van der Waals surface area (Å²) in [7, 11) is 1.73. The summed E-state index contributed by atoms with van der Waals surface area (Å²) < 4.78 is 5.22. The van der Waals surface area contributed by atoms with Crippen molar-refractivity contribution >= 4 is 0 Å². The van der Waals surface area contributed by atoms with E-state index in [0.717, 1.165) is 13.0 Å². The Kier molecular flexibility index (Phi) is 4.29. The van der Waals surface area contributed by atoms with Gasteiger partial charge in [-0.15, -0.1) is 0 Å². The van der Waals surface area contributed by atoms with Crippen LogP contribution in [0.5, 0.6) is 0 Å². The van der Waals surface area contributed by atoms with Crippen LogP contribution in [-0.4, -0.2) is 30.1 Å². The molecular weight excluding hydrogens is 236 g/mol. The number of methoxy groups -OCH3 is 1. The average Bonchev–Trinajstić information content (AvgIpc) is 2.72. The Morgan fingerprint density at radius 1 is 1.37 bits per heavy atom. The summed E-state index contributed by atoms with van der Waals surface area (Å²) in [6, 6.07) is 9.17. The molecule has 1 aliphatic rings. The van der Waals surface area contributed by atoms with E-state index in [1.807, 2.05) is 0 Å². The van der Waals surface area contributed by atoms with Gasteiger partial charge in [0.1, 0.15) is 0 Å². The highest BCUT2D eigenvalue weighted by molar-refractivity contribution is 5.28. The van der Waals surface area contributed by atoms with Crippen molar-refractivity contribution in [2.75, 3.05) is 13.7 Å². The molecule has 0 aliphatic carbocycles. The van der Waals surface area contributed by atoms with Crippen LogP contribution in [-0.2, 0) is 11.3 Å². The third-order valence-electron chi connectivity index (χ3n) is 3.91. The zero-order chi connectivity index (χ0) is 14.0. The van der Waals surface area contributed by atoms with E-state index in [1.54, 1.807) is 7.11 Å². The molecule has 0 radical (unpaired) electrons. The first-order valence-electron chi connectivity index (χ1n) is 7.03. The Morgan fingerprint density at radius 2 is 2.11 bits per heavy atom. The van der Waals surface area contributed by atoms with Crippen LogP contribution in [0, 0.1) is 0 Å². The van der Waals surface area contributed by atoms with Crippen molar-refractivity contribution in [2.24, 2.45) is 5.73 Å². The summed E-state index contributed by atoms with van der Waals surface area (Å²) in [4.78, 5) is 2.52. The highest BCUT2D eigenvalue weighted by Crippen LogP contribution is 2.36. The van der Waals surface area contributed by atoms with Crippen LogP contribution in [0.25, 0.3) is 0 Å². The smallest absolute Gasteiger partial charge is 0.0713 e. The molecule has 0 saturated carbocycles. The average molecular weight is 262 g/mol. The molecule has 2 unspecified atom stereocenters. The van der Waals surface area contributed by atoms with E-state index >= 15 is 0 Å². The molecule has 3 heteroatoms. The quantitative estimate of drug-likeness (QED) is 0.910. The Labute approximate surface area is 116 Å². The number of hydrogen-bond donors (Lipinski definition) is 1. The van der Waals surface area contributed by atoms with Crippen LogP contribution in [0.15, 0.2) is 24.3 Å². The molecule has 106 valence electrons. The Morgan fingerprint density at radius 3 is 2.74 bits per heavy atom. The first-order chi connectivity index (χ1) is 8.93. The van der Waals surface area contributed by atoms with Gasteiger partial charge in [-0.3, -0.25) is 4.90 Å². The van der Waals surface area contributed by atoms with Crippen LogP contribution < -0.4 is 5.73 Å². The molecule has 19 heavy (non-hydrogen) atoms. The van der Waals surface area contributed by atoms with Crippen LogP contribution in [0.3, 0.4) is 0 Å². The van der Waals surface area contributed by atoms with Gasteiger partial charge in [-0.05, 0) is 38.3 Å². The lowest BCUT2D eigenvalue weighted by Gasteiger charge is -2.38.